The van der Waals surface area contributed by atoms with Crippen LogP contribution in [0.4, 0.5) is 4.79 Å². The number of carbonyl (C=O) groups excluding carboxylic acids is 2. The van der Waals surface area contributed by atoms with Gasteiger partial charge in [-0.15, -0.1) is 0 Å². The molecule has 1 fully saturated rings. The second-order valence-electron chi connectivity index (χ2n) is 6.96. The van der Waals surface area contributed by atoms with Gasteiger partial charge < -0.3 is 15.2 Å². The summed E-state index contributed by atoms with van der Waals surface area (Å²) in [6, 6.07) is 10.5. The molecule has 0 aromatic heterocycles. The van der Waals surface area contributed by atoms with Gasteiger partial charge in [-0.1, -0.05) is 42.5 Å². The number of nitrogens with zero attached hydrogens (tertiary/aromatic N) is 3. The largest absolute Gasteiger partial charge is 0.467 e. The van der Waals surface area contributed by atoms with E-state index >= 15 is 0 Å². The molecule has 2 aromatic carbocycles. The van der Waals surface area contributed by atoms with Gasteiger partial charge in [-0.3, -0.25) is 9.69 Å². The summed E-state index contributed by atoms with van der Waals surface area (Å²) in [5.41, 5.74) is 7.73. The zero-order valence-electron chi connectivity index (χ0n) is 16.3. The van der Waals surface area contributed by atoms with Crippen LogP contribution in [0.1, 0.15) is 12.0 Å². The third-order valence-corrected chi connectivity index (χ3v) is 5.14. The van der Waals surface area contributed by atoms with Crippen molar-refractivity contribution in [1.29, 1.82) is 5.53 Å². The van der Waals surface area contributed by atoms with Crippen molar-refractivity contribution in [3.05, 3.63) is 48.0 Å². The summed E-state index contributed by atoms with van der Waals surface area (Å²) in [4.78, 5) is 40.6. The van der Waals surface area contributed by atoms with E-state index in [-0.39, 0.29) is 19.4 Å². The van der Waals surface area contributed by atoms with Crippen molar-refractivity contribution in [2.45, 2.75) is 31.0 Å². The number of ether oxygens (including phenoxy) is 1. The number of fused-ring (bicyclic) bond motifs is 1. The van der Waals surface area contributed by atoms with Crippen LogP contribution in [0.2, 0.25) is 0 Å². The minimum Gasteiger partial charge on any atom is -0.467 e. The maximum absolute atomic E-state index is 12.9. The lowest BCUT2D eigenvalue weighted by molar-refractivity contribution is -0.145. The minimum atomic E-state index is -1.28. The van der Waals surface area contributed by atoms with Crippen LogP contribution in [0, 0.1) is 5.53 Å². The second kappa shape index (κ2) is 9.15. The zero-order valence-corrected chi connectivity index (χ0v) is 16.3. The van der Waals surface area contributed by atoms with E-state index in [2.05, 4.69) is 15.3 Å². The van der Waals surface area contributed by atoms with Crippen LogP contribution in [0.3, 0.4) is 0 Å². The van der Waals surface area contributed by atoms with E-state index < -0.39 is 36.1 Å². The van der Waals surface area contributed by atoms with Gasteiger partial charge in [0.1, 0.15) is 22.7 Å². The average molecular weight is 412 g/mol. The fourth-order valence-corrected chi connectivity index (χ4v) is 3.70. The molecule has 0 aliphatic carbocycles. The van der Waals surface area contributed by atoms with E-state index in [0.29, 0.717) is 0 Å². The fraction of sp³-hybridized carbons (Fsp3) is 0.350. The first-order chi connectivity index (χ1) is 14.4. The number of likely N-dealkylation sites (tertiary alicyclic amines) is 1. The zero-order chi connectivity index (χ0) is 21.7. The lowest BCUT2D eigenvalue weighted by Gasteiger charge is -2.24. The van der Waals surface area contributed by atoms with Crippen LogP contribution >= 0.6 is 0 Å². The van der Waals surface area contributed by atoms with E-state index in [1.54, 1.807) is 0 Å². The predicted molar refractivity (Wildman–Crippen MR) is 106 cm³/mol. The van der Waals surface area contributed by atoms with Crippen molar-refractivity contribution in [1.82, 2.24) is 15.1 Å². The smallest absolute Gasteiger partial charge is 0.408 e. The molecular weight excluding hydrogens is 390 g/mol. The van der Waals surface area contributed by atoms with Gasteiger partial charge in [0.2, 0.25) is 10.8 Å². The normalized spacial score (nSPS) is 19.0. The maximum Gasteiger partial charge on any atom is 0.408 e. The number of amides is 2. The minimum absolute atomic E-state index is 0.0880. The monoisotopic (exact) mass is 412 g/mol. The van der Waals surface area contributed by atoms with Crippen molar-refractivity contribution in [2.24, 2.45) is 5.11 Å². The Morgan fingerprint density at radius 2 is 2.03 bits per heavy atom. The molecule has 156 valence electrons. The van der Waals surface area contributed by atoms with Crippen LogP contribution in [0.15, 0.2) is 47.6 Å². The van der Waals surface area contributed by atoms with Crippen LogP contribution in [0.25, 0.3) is 10.8 Å². The van der Waals surface area contributed by atoms with Gasteiger partial charge in [0.15, 0.2) is 6.04 Å². The number of carboxylic acid groups (broad SMARTS) is 1. The van der Waals surface area contributed by atoms with Gasteiger partial charge in [0.05, 0.1) is 7.11 Å². The molecule has 0 bridgehead atoms. The number of esters is 1. The third-order valence-electron chi connectivity index (χ3n) is 5.14. The van der Waals surface area contributed by atoms with Crippen molar-refractivity contribution in [2.75, 3.05) is 13.7 Å². The first kappa shape index (κ1) is 20.9. The summed E-state index contributed by atoms with van der Waals surface area (Å²) >= 11 is 0. The molecule has 1 aliphatic heterocycles. The molecule has 2 amide bonds. The Labute approximate surface area is 172 Å². The molecule has 10 nitrogen and oxygen atoms in total. The molecule has 2 aromatic rings. The molecule has 3 rings (SSSR count). The average Bonchev–Trinajstić information content (AvgIpc) is 3.17. The van der Waals surface area contributed by atoms with Crippen molar-refractivity contribution >= 4 is 28.7 Å². The highest BCUT2D eigenvalue weighted by Crippen LogP contribution is 2.22. The predicted octanol–water partition coefficient (Wildman–Crippen LogP) is 1.71. The Bertz CT molecular complexity index is 1010. The molecule has 1 heterocycles. The third kappa shape index (κ3) is 4.44. The Balaban J connectivity index is 1.82. The highest BCUT2D eigenvalue weighted by Gasteiger charge is 2.45. The van der Waals surface area contributed by atoms with Gasteiger partial charge >= 0.3 is 12.1 Å². The van der Waals surface area contributed by atoms with E-state index in [0.717, 1.165) is 21.2 Å². The highest BCUT2D eigenvalue weighted by molar-refractivity contribution is 5.91. The Hall–Kier alpha value is -3.78. The summed E-state index contributed by atoms with van der Waals surface area (Å²) in [7, 11) is 1.22. The van der Waals surface area contributed by atoms with Gasteiger partial charge in [-0.2, -0.15) is 0 Å². The number of hydrogen-bond donors (Lipinski definition) is 3. The number of rotatable bonds is 6. The van der Waals surface area contributed by atoms with Crippen LogP contribution in [-0.4, -0.2) is 59.8 Å². The first-order valence-electron chi connectivity index (χ1n) is 9.36. The Morgan fingerprint density at radius 3 is 2.70 bits per heavy atom. The quantitative estimate of drug-likeness (QED) is 0.375. The SMILES string of the molecule is COC(=O)C(Cc1ccc2ccccc2c1)NC(=O)C1C(N=[N+]=N)CCN1C(=O)O. The van der Waals surface area contributed by atoms with E-state index in [1.165, 1.54) is 7.11 Å². The van der Waals surface area contributed by atoms with Crippen LogP contribution in [0.5, 0.6) is 0 Å². The second-order valence-corrected chi connectivity index (χ2v) is 6.96. The number of hydrogen-bond acceptors (Lipinski definition) is 6. The van der Waals surface area contributed by atoms with Gasteiger partial charge in [-0.05, 0) is 22.8 Å². The molecule has 0 radical (unpaired) electrons. The maximum atomic E-state index is 12.9. The van der Waals surface area contributed by atoms with E-state index in [4.69, 9.17) is 10.3 Å². The van der Waals surface area contributed by atoms with Crippen molar-refractivity contribution in [3.63, 3.8) is 0 Å². The molecule has 0 saturated carbocycles. The van der Waals surface area contributed by atoms with E-state index in [9.17, 15) is 19.5 Å². The molecule has 0 spiro atoms. The number of methoxy groups -OCH3 is 1. The number of benzene rings is 2. The van der Waals surface area contributed by atoms with Crippen molar-refractivity contribution in [3.8, 4) is 0 Å². The molecule has 1 saturated heterocycles. The Morgan fingerprint density at radius 1 is 1.30 bits per heavy atom. The number of nitrogens with one attached hydrogen (secondary N) is 2. The molecule has 1 aliphatic rings. The summed E-state index contributed by atoms with van der Waals surface area (Å²) in [6.45, 7) is 0.0880. The summed E-state index contributed by atoms with van der Waals surface area (Å²) in [5, 5.41) is 17.7. The van der Waals surface area contributed by atoms with Crippen molar-refractivity contribution < 1.29 is 24.2 Å². The molecule has 10 heteroatoms. The first-order valence-corrected chi connectivity index (χ1v) is 9.36. The molecule has 30 heavy (non-hydrogen) atoms. The summed E-state index contributed by atoms with van der Waals surface area (Å²) in [6.07, 6.45) is -0.837. The molecule has 3 N–H and O–H groups in total. The van der Waals surface area contributed by atoms with Gasteiger partial charge in [-0.25, -0.2) is 9.59 Å². The standard InChI is InChI=1S/C20H21N5O5/c1-30-19(27)16(11-12-6-7-13-4-2-3-5-14(13)10-12)22-18(26)17-15(23-24-21)8-9-25(17)20(28)29/h2-7,10,15-17,21H,8-9,11H2,1H3,(H-,22,26,28,29)/p+1. The molecular formula is C20H22N5O5+. The Kier molecular flexibility index (Phi) is 6.38. The van der Waals surface area contributed by atoms with Gasteiger partial charge in [0, 0.05) is 13.0 Å². The number of carbonyl (C=O) groups is 3. The highest BCUT2D eigenvalue weighted by atomic mass is 16.5. The van der Waals surface area contributed by atoms with Gasteiger partial charge in [0.25, 0.3) is 0 Å². The lowest BCUT2D eigenvalue weighted by Crippen LogP contribution is -2.54. The summed E-state index contributed by atoms with van der Waals surface area (Å²) in [5.74, 6) is -1.32. The topological polar surface area (TPSA) is 146 Å². The van der Waals surface area contributed by atoms with Crippen LogP contribution < -0.4 is 10.2 Å². The fourth-order valence-electron chi connectivity index (χ4n) is 3.70. The van der Waals surface area contributed by atoms with E-state index in [1.807, 2.05) is 42.5 Å². The molecule has 3 atom stereocenters. The van der Waals surface area contributed by atoms with Crippen LogP contribution in [-0.2, 0) is 20.7 Å². The molecule has 3 unspecified atom stereocenters. The summed E-state index contributed by atoms with van der Waals surface area (Å²) < 4.78 is 4.83. The lowest BCUT2D eigenvalue weighted by atomic mass is 10.0.